The minimum atomic E-state index is -0.360. The third-order valence-corrected chi connectivity index (χ3v) is 4.79. The Morgan fingerprint density at radius 1 is 1.53 bits per heavy atom. The molecule has 2 aromatic rings. The van der Waals surface area contributed by atoms with Crippen molar-refractivity contribution in [2.24, 2.45) is 0 Å². The van der Waals surface area contributed by atoms with Crippen LogP contribution < -0.4 is 0 Å². The Bertz CT molecular complexity index is 565. The van der Waals surface area contributed by atoms with Crippen LogP contribution >= 0.6 is 22.7 Å². The molecular formula is C13H14N2O2S2. The Hall–Kier alpha value is -1.24. The molecule has 1 fully saturated rings. The molecule has 19 heavy (non-hydrogen) atoms. The molecule has 2 aromatic heterocycles. The number of rotatable bonds is 3. The molecule has 0 bridgehead atoms. The molecule has 3 rings (SSSR count). The summed E-state index contributed by atoms with van der Waals surface area (Å²) in [5.41, 5.74) is 1.93. The van der Waals surface area contributed by atoms with Crippen molar-refractivity contribution in [3.05, 3.63) is 27.9 Å². The third-order valence-electron chi connectivity index (χ3n) is 3.17. The quantitative estimate of drug-likeness (QED) is 0.942. The maximum Gasteiger partial charge on any atom is 0.228 e. The summed E-state index contributed by atoms with van der Waals surface area (Å²) >= 11 is 3.21. The SMILES string of the molecule is O=C(Cc1csc(-c2ccsc2)n1)N1CCC(O)C1. The van der Waals surface area contributed by atoms with Crippen molar-refractivity contribution in [1.29, 1.82) is 0 Å². The Morgan fingerprint density at radius 3 is 3.11 bits per heavy atom. The van der Waals surface area contributed by atoms with Crippen LogP contribution in [0.25, 0.3) is 10.6 Å². The number of aromatic nitrogens is 1. The van der Waals surface area contributed by atoms with Gasteiger partial charge in [-0.3, -0.25) is 4.79 Å². The average molecular weight is 294 g/mol. The van der Waals surface area contributed by atoms with Gasteiger partial charge in [0.1, 0.15) is 5.01 Å². The molecule has 1 N–H and O–H groups in total. The molecule has 0 spiro atoms. The van der Waals surface area contributed by atoms with Gasteiger partial charge in [-0.25, -0.2) is 4.98 Å². The van der Waals surface area contributed by atoms with Crippen LogP contribution in [-0.4, -0.2) is 40.1 Å². The standard InChI is InChI=1S/C13H14N2O2S2/c16-11-1-3-15(6-11)12(17)5-10-8-19-13(14-10)9-2-4-18-7-9/h2,4,7-8,11,16H,1,3,5-6H2. The molecule has 1 amide bonds. The lowest BCUT2D eigenvalue weighted by molar-refractivity contribution is -0.129. The van der Waals surface area contributed by atoms with Crippen molar-refractivity contribution in [1.82, 2.24) is 9.88 Å². The maximum absolute atomic E-state index is 12.0. The first kappa shape index (κ1) is 12.8. The molecule has 6 heteroatoms. The van der Waals surface area contributed by atoms with E-state index in [0.717, 1.165) is 16.3 Å². The van der Waals surface area contributed by atoms with Crippen LogP contribution in [0.3, 0.4) is 0 Å². The summed E-state index contributed by atoms with van der Waals surface area (Å²) < 4.78 is 0. The van der Waals surface area contributed by atoms with Gasteiger partial charge < -0.3 is 10.0 Å². The van der Waals surface area contributed by atoms with E-state index in [0.29, 0.717) is 25.9 Å². The number of aliphatic hydroxyl groups is 1. The number of β-amino-alcohol motifs (C(OH)–C–C–N with tert-alkyl or cyclic N) is 1. The van der Waals surface area contributed by atoms with Crippen LogP contribution in [-0.2, 0) is 11.2 Å². The highest BCUT2D eigenvalue weighted by atomic mass is 32.1. The predicted molar refractivity (Wildman–Crippen MR) is 76.3 cm³/mol. The summed E-state index contributed by atoms with van der Waals surface area (Å²) in [5.74, 6) is 0.0544. The largest absolute Gasteiger partial charge is 0.391 e. The first-order valence-electron chi connectivity index (χ1n) is 6.15. The number of carbonyl (C=O) groups is 1. The van der Waals surface area contributed by atoms with Gasteiger partial charge in [0, 0.05) is 29.4 Å². The monoisotopic (exact) mass is 294 g/mol. The van der Waals surface area contributed by atoms with Crippen molar-refractivity contribution >= 4 is 28.6 Å². The molecule has 1 saturated heterocycles. The number of carbonyl (C=O) groups excluding carboxylic acids is 1. The van der Waals surface area contributed by atoms with E-state index in [9.17, 15) is 9.90 Å². The second-order valence-electron chi connectivity index (χ2n) is 4.62. The lowest BCUT2D eigenvalue weighted by Gasteiger charge is -2.14. The highest BCUT2D eigenvalue weighted by Crippen LogP contribution is 2.26. The van der Waals surface area contributed by atoms with Crippen LogP contribution in [0.5, 0.6) is 0 Å². The zero-order chi connectivity index (χ0) is 13.2. The number of hydrogen-bond acceptors (Lipinski definition) is 5. The lowest BCUT2D eigenvalue weighted by atomic mass is 10.3. The molecule has 0 aliphatic carbocycles. The van der Waals surface area contributed by atoms with Crippen LogP contribution in [0.2, 0.25) is 0 Å². The molecule has 1 aliphatic heterocycles. The fourth-order valence-electron chi connectivity index (χ4n) is 2.14. The van der Waals surface area contributed by atoms with Gasteiger partial charge in [0.15, 0.2) is 0 Å². The number of aliphatic hydroxyl groups excluding tert-OH is 1. The van der Waals surface area contributed by atoms with Gasteiger partial charge in [-0.15, -0.1) is 11.3 Å². The topological polar surface area (TPSA) is 53.4 Å². The fraction of sp³-hybridized carbons (Fsp3) is 0.385. The maximum atomic E-state index is 12.0. The van der Waals surface area contributed by atoms with Gasteiger partial charge in [-0.05, 0) is 17.9 Å². The molecule has 0 saturated carbocycles. The van der Waals surface area contributed by atoms with E-state index in [1.54, 1.807) is 27.6 Å². The zero-order valence-corrected chi connectivity index (χ0v) is 11.9. The van der Waals surface area contributed by atoms with E-state index in [2.05, 4.69) is 10.4 Å². The second kappa shape index (κ2) is 5.40. The summed E-state index contributed by atoms with van der Waals surface area (Å²) in [4.78, 5) is 18.3. The number of likely N-dealkylation sites (tertiary alicyclic amines) is 1. The normalized spacial score (nSPS) is 19.0. The summed E-state index contributed by atoms with van der Waals surface area (Å²) in [6.45, 7) is 1.11. The third kappa shape index (κ3) is 2.86. The highest BCUT2D eigenvalue weighted by Gasteiger charge is 2.24. The van der Waals surface area contributed by atoms with Gasteiger partial charge in [0.2, 0.25) is 5.91 Å². The van der Waals surface area contributed by atoms with Crippen LogP contribution in [0.15, 0.2) is 22.2 Å². The molecule has 1 atom stereocenters. The Labute approximate surface area is 119 Å². The smallest absolute Gasteiger partial charge is 0.228 e. The van der Waals surface area contributed by atoms with Crippen molar-refractivity contribution in [3.8, 4) is 10.6 Å². The molecule has 4 nitrogen and oxygen atoms in total. The minimum absolute atomic E-state index is 0.0544. The summed E-state index contributed by atoms with van der Waals surface area (Å²) in [6, 6.07) is 2.03. The van der Waals surface area contributed by atoms with E-state index < -0.39 is 0 Å². The van der Waals surface area contributed by atoms with Gasteiger partial charge in [-0.2, -0.15) is 11.3 Å². The van der Waals surface area contributed by atoms with Gasteiger partial charge in [0.05, 0.1) is 18.2 Å². The molecule has 1 unspecified atom stereocenters. The van der Waals surface area contributed by atoms with E-state index >= 15 is 0 Å². The molecule has 100 valence electrons. The van der Waals surface area contributed by atoms with Crippen molar-refractivity contribution in [2.75, 3.05) is 13.1 Å². The number of hydrogen-bond donors (Lipinski definition) is 1. The first-order chi connectivity index (χ1) is 9.22. The second-order valence-corrected chi connectivity index (χ2v) is 6.25. The zero-order valence-electron chi connectivity index (χ0n) is 10.3. The molecule has 1 aliphatic rings. The molecule has 3 heterocycles. The fourth-order valence-corrected chi connectivity index (χ4v) is 3.67. The van der Waals surface area contributed by atoms with Gasteiger partial charge in [0.25, 0.3) is 0 Å². The van der Waals surface area contributed by atoms with Crippen molar-refractivity contribution in [3.63, 3.8) is 0 Å². The summed E-state index contributed by atoms with van der Waals surface area (Å²) in [7, 11) is 0. The number of amides is 1. The number of thiophene rings is 1. The Kier molecular flexibility index (Phi) is 3.63. The first-order valence-corrected chi connectivity index (χ1v) is 7.97. The lowest BCUT2D eigenvalue weighted by Crippen LogP contribution is -2.30. The van der Waals surface area contributed by atoms with Crippen LogP contribution in [0.1, 0.15) is 12.1 Å². The van der Waals surface area contributed by atoms with Gasteiger partial charge in [-0.1, -0.05) is 0 Å². The summed E-state index contributed by atoms with van der Waals surface area (Å²) in [5, 5.41) is 16.4. The van der Waals surface area contributed by atoms with E-state index in [4.69, 9.17) is 0 Å². The highest BCUT2D eigenvalue weighted by molar-refractivity contribution is 7.14. The van der Waals surface area contributed by atoms with Gasteiger partial charge >= 0.3 is 0 Å². The molecule has 0 radical (unpaired) electrons. The van der Waals surface area contributed by atoms with E-state index in [1.807, 2.05) is 16.8 Å². The van der Waals surface area contributed by atoms with E-state index in [1.165, 1.54) is 0 Å². The molecule has 0 aromatic carbocycles. The Balaban J connectivity index is 1.66. The predicted octanol–water partition coefficient (Wildman–Crippen LogP) is 2.01. The summed E-state index contributed by atoms with van der Waals surface area (Å²) in [6.07, 6.45) is 0.650. The van der Waals surface area contributed by atoms with Crippen LogP contribution in [0, 0.1) is 0 Å². The number of nitrogens with zero attached hydrogens (tertiary/aromatic N) is 2. The van der Waals surface area contributed by atoms with Crippen molar-refractivity contribution in [2.45, 2.75) is 18.9 Å². The molecular weight excluding hydrogens is 280 g/mol. The number of thiazole rings is 1. The van der Waals surface area contributed by atoms with Crippen LogP contribution in [0.4, 0.5) is 0 Å². The average Bonchev–Trinajstić information content (AvgIpc) is 3.07. The Morgan fingerprint density at radius 2 is 2.42 bits per heavy atom. The van der Waals surface area contributed by atoms with Crippen molar-refractivity contribution < 1.29 is 9.90 Å². The minimum Gasteiger partial charge on any atom is -0.391 e. The van der Waals surface area contributed by atoms with E-state index in [-0.39, 0.29) is 12.0 Å².